The first-order chi connectivity index (χ1) is 22.6. The van der Waals surface area contributed by atoms with Crippen LogP contribution in [0.2, 0.25) is 0 Å². The third-order valence-corrected chi connectivity index (χ3v) is 12.3. The summed E-state index contributed by atoms with van der Waals surface area (Å²) in [6, 6.07) is 2.64. The van der Waals surface area contributed by atoms with Gasteiger partial charge in [0.05, 0.1) is 35.1 Å². The number of nitrogens with two attached hydrogens (primary N) is 1. The molecule has 0 amide bonds. The Labute approximate surface area is 275 Å². The normalized spacial score (nSPS) is 27.0. The minimum Gasteiger partial charge on any atom is -0.389 e. The number of halogens is 2. The van der Waals surface area contributed by atoms with E-state index < -0.39 is 17.4 Å². The number of aromatic nitrogens is 5. The number of aryl methyl sites for hydroxylation is 1. The van der Waals surface area contributed by atoms with E-state index in [2.05, 4.69) is 30.1 Å². The van der Waals surface area contributed by atoms with Crippen molar-refractivity contribution in [3.63, 3.8) is 0 Å². The first-order valence-electron chi connectivity index (χ1n) is 16.7. The SMILES string of the molecule is C[C@@H]([C@@H]1CCCN1C)n1ncc2c(N3CCC[C@](O)(C(F)F)C3)nc(-c3noc4c3CCC[C@@]43CCCc4sc(N)c(C#N)c43)nc21. The summed E-state index contributed by atoms with van der Waals surface area (Å²) in [6.45, 7) is 3.36. The van der Waals surface area contributed by atoms with E-state index in [-0.39, 0.29) is 25.0 Å². The van der Waals surface area contributed by atoms with Crippen LogP contribution in [-0.2, 0) is 18.3 Å². The van der Waals surface area contributed by atoms with Gasteiger partial charge in [-0.25, -0.2) is 23.4 Å². The fourth-order valence-corrected chi connectivity index (χ4v) is 10.1. The molecule has 0 radical (unpaired) electrons. The van der Waals surface area contributed by atoms with Gasteiger partial charge in [-0.2, -0.15) is 10.4 Å². The smallest absolute Gasteiger partial charge is 0.268 e. The van der Waals surface area contributed by atoms with Crippen LogP contribution in [0, 0.1) is 11.3 Å². The van der Waals surface area contributed by atoms with Crippen molar-refractivity contribution in [2.45, 2.75) is 101 Å². The minimum absolute atomic E-state index is 0.00134. The van der Waals surface area contributed by atoms with Gasteiger partial charge < -0.3 is 25.2 Å². The minimum atomic E-state index is -2.88. The lowest BCUT2D eigenvalue weighted by Crippen LogP contribution is -2.53. The first kappa shape index (κ1) is 30.7. The molecule has 14 heteroatoms. The molecule has 3 N–H and O–H groups in total. The zero-order valence-corrected chi connectivity index (χ0v) is 27.5. The number of nitrogens with zero attached hydrogens (tertiary/aromatic N) is 8. The molecule has 6 heterocycles. The number of fused-ring (bicyclic) bond motifs is 5. The largest absolute Gasteiger partial charge is 0.389 e. The molecule has 2 aliphatic carbocycles. The van der Waals surface area contributed by atoms with Crippen molar-refractivity contribution in [2.24, 2.45) is 0 Å². The average molecular weight is 664 g/mol. The van der Waals surface area contributed by atoms with Gasteiger partial charge in [0.15, 0.2) is 22.9 Å². The van der Waals surface area contributed by atoms with Gasteiger partial charge in [-0.1, -0.05) is 5.16 Å². The van der Waals surface area contributed by atoms with Crippen LogP contribution in [0.4, 0.5) is 19.6 Å². The van der Waals surface area contributed by atoms with Crippen molar-refractivity contribution >= 4 is 33.2 Å². The number of nitrogen functional groups attached to an aromatic ring is 1. The first-order valence-corrected chi connectivity index (χ1v) is 17.5. The van der Waals surface area contributed by atoms with E-state index >= 15 is 0 Å². The standard InChI is InChI=1S/C33H39F2N9O2S/c1-18(22-8-5-13-42(22)2)44-30-21(16-38-44)29(43-14-6-12-33(45,17-43)31(34)35)39-28(40-30)25-19-7-3-10-32(26(19)46-41-25)11-4-9-23-24(32)20(15-36)27(37)47-23/h16,18,22,31,45H,3-14,17,37H2,1-2H3/t18-,22-,32-,33+/m0/s1. The summed E-state index contributed by atoms with van der Waals surface area (Å²) < 4.78 is 36.3. The number of piperidine rings is 1. The Kier molecular flexibility index (Phi) is 7.31. The van der Waals surface area contributed by atoms with Crippen LogP contribution in [0.25, 0.3) is 22.6 Å². The Bertz CT molecular complexity index is 1890. The van der Waals surface area contributed by atoms with Crippen molar-refractivity contribution in [3.05, 3.63) is 33.5 Å². The van der Waals surface area contributed by atoms with E-state index in [0.29, 0.717) is 58.3 Å². The average Bonchev–Trinajstić information content (AvgIpc) is 3.85. The number of likely N-dealkylation sites (tertiary alicyclic amines) is 1. The number of anilines is 2. The maximum absolute atomic E-state index is 14.1. The van der Waals surface area contributed by atoms with E-state index in [0.717, 1.165) is 73.3 Å². The molecular formula is C33H39F2N9O2S. The predicted molar refractivity (Wildman–Crippen MR) is 174 cm³/mol. The van der Waals surface area contributed by atoms with E-state index in [1.807, 2.05) is 4.68 Å². The third-order valence-electron chi connectivity index (χ3n) is 11.2. The molecular weight excluding hydrogens is 624 g/mol. The molecule has 4 aliphatic rings. The maximum atomic E-state index is 14.1. The quantitative estimate of drug-likeness (QED) is 0.292. The fourth-order valence-electron chi connectivity index (χ4n) is 8.90. The van der Waals surface area contributed by atoms with E-state index in [1.54, 1.807) is 11.1 Å². The van der Waals surface area contributed by atoms with Crippen LogP contribution in [0.1, 0.15) is 91.7 Å². The predicted octanol–water partition coefficient (Wildman–Crippen LogP) is 5.21. The highest BCUT2D eigenvalue weighted by Gasteiger charge is 2.49. The highest BCUT2D eigenvalue weighted by molar-refractivity contribution is 7.16. The number of alkyl halides is 2. The summed E-state index contributed by atoms with van der Waals surface area (Å²) in [6.07, 6.45) is 6.47. The molecule has 0 unspecified atom stereocenters. The van der Waals surface area contributed by atoms with Crippen LogP contribution < -0.4 is 10.6 Å². The highest BCUT2D eigenvalue weighted by Crippen LogP contribution is 2.55. The summed E-state index contributed by atoms with van der Waals surface area (Å²) in [5.41, 5.74) is 7.29. The van der Waals surface area contributed by atoms with Crippen LogP contribution in [0.5, 0.6) is 0 Å². The second-order valence-corrected chi connectivity index (χ2v) is 15.1. The molecule has 4 aromatic heterocycles. The lowest BCUT2D eigenvalue weighted by Gasteiger charge is -2.39. The Morgan fingerprint density at radius 3 is 2.70 bits per heavy atom. The maximum Gasteiger partial charge on any atom is 0.268 e. The molecule has 0 aromatic carbocycles. The van der Waals surface area contributed by atoms with Gasteiger partial charge in [-0.15, -0.1) is 11.3 Å². The zero-order chi connectivity index (χ0) is 32.7. The summed E-state index contributed by atoms with van der Waals surface area (Å²) in [4.78, 5) is 15.3. The van der Waals surface area contributed by atoms with Gasteiger partial charge in [0, 0.05) is 23.0 Å². The molecule has 2 saturated heterocycles. The molecule has 2 aliphatic heterocycles. The topological polar surface area (TPSA) is 146 Å². The van der Waals surface area contributed by atoms with Crippen molar-refractivity contribution in [1.29, 1.82) is 5.26 Å². The fraction of sp³-hybridized carbons (Fsp3) is 0.606. The monoisotopic (exact) mass is 663 g/mol. The molecule has 8 rings (SSSR count). The molecule has 248 valence electrons. The number of rotatable bonds is 5. The van der Waals surface area contributed by atoms with Gasteiger partial charge in [0.2, 0.25) is 0 Å². The zero-order valence-electron chi connectivity index (χ0n) is 26.7. The molecule has 2 fully saturated rings. The lowest BCUT2D eigenvalue weighted by atomic mass is 9.63. The third kappa shape index (κ3) is 4.60. The molecule has 1 spiro atoms. The van der Waals surface area contributed by atoms with E-state index in [4.69, 9.17) is 25.3 Å². The van der Waals surface area contributed by atoms with Gasteiger partial charge in [0.25, 0.3) is 6.43 Å². The molecule has 4 atom stereocenters. The lowest BCUT2D eigenvalue weighted by molar-refractivity contribution is -0.101. The number of hydrogen-bond acceptors (Lipinski definition) is 11. The van der Waals surface area contributed by atoms with E-state index in [1.165, 1.54) is 11.3 Å². The summed E-state index contributed by atoms with van der Waals surface area (Å²) in [5.74, 6) is 1.55. The van der Waals surface area contributed by atoms with Gasteiger partial charge in [-0.05, 0) is 90.3 Å². The highest BCUT2D eigenvalue weighted by atomic mass is 32.1. The molecule has 4 aromatic rings. The van der Waals surface area contributed by atoms with Crippen molar-refractivity contribution in [3.8, 4) is 17.6 Å². The Morgan fingerprint density at radius 1 is 1.15 bits per heavy atom. The number of hydrogen-bond donors (Lipinski definition) is 2. The molecule has 47 heavy (non-hydrogen) atoms. The number of nitriles is 1. The second kappa shape index (κ2) is 11.2. The Hall–Kier alpha value is -3.67. The number of aliphatic hydroxyl groups is 1. The second-order valence-electron chi connectivity index (χ2n) is 13.9. The van der Waals surface area contributed by atoms with Gasteiger partial charge in [0.1, 0.15) is 22.5 Å². The van der Waals surface area contributed by atoms with Gasteiger partial charge >= 0.3 is 0 Å². The summed E-state index contributed by atoms with van der Waals surface area (Å²) in [7, 11) is 2.12. The number of likely N-dealkylation sites (N-methyl/N-ethyl adjacent to an activating group) is 1. The van der Waals surface area contributed by atoms with Crippen molar-refractivity contribution in [2.75, 3.05) is 37.3 Å². The van der Waals surface area contributed by atoms with Crippen LogP contribution in [-0.4, -0.2) is 79.7 Å². The van der Waals surface area contributed by atoms with Gasteiger partial charge in [-0.3, -0.25) is 0 Å². The van der Waals surface area contributed by atoms with Crippen molar-refractivity contribution in [1.82, 2.24) is 29.8 Å². The summed E-state index contributed by atoms with van der Waals surface area (Å²) >= 11 is 1.50. The Morgan fingerprint density at radius 2 is 1.96 bits per heavy atom. The van der Waals surface area contributed by atoms with Crippen LogP contribution in [0.3, 0.4) is 0 Å². The molecule has 0 bridgehead atoms. The Balaban J connectivity index is 1.29. The number of thiophene rings is 1. The molecule has 11 nitrogen and oxygen atoms in total. The van der Waals surface area contributed by atoms with Crippen molar-refractivity contribution < 1.29 is 18.4 Å². The van der Waals surface area contributed by atoms with E-state index in [9.17, 15) is 19.1 Å². The molecule has 0 saturated carbocycles. The number of β-amino-alcohol motifs (C(OH)–C–C–N with tert-alkyl or cyclic N) is 1. The van der Waals surface area contributed by atoms with Crippen LogP contribution >= 0.6 is 11.3 Å². The van der Waals surface area contributed by atoms with Crippen LogP contribution in [0.15, 0.2) is 10.7 Å². The summed E-state index contributed by atoms with van der Waals surface area (Å²) in [5, 5.41) is 31.6.